The van der Waals surface area contributed by atoms with Crippen LogP contribution in [0.15, 0.2) is 85.1 Å². The number of nitrogens with one attached hydrogen (secondary N) is 5. The lowest BCUT2D eigenvalue weighted by Crippen LogP contribution is -2.62. The maximum Gasteiger partial charge on any atom is 0.248 e. The Kier molecular flexibility index (Phi) is 21.3. The van der Waals surface area contributed by atoms with Crippen LogP contribution in [0.1, 0.15) is 112 Å². The molecule has 4 rings (SSSR count). The SMILES string of the molecule is C=CC(C)(C)n1cc([C@@H](O)[C@@H]2NC(=O)C([C@H](C)C=C(C)C)NC(=O)[C@H](CC(C)C)N(C)C(=O)[C@H](C(C)C)NC(=O)C([C@H](OC)c3ccccc3)NC(=O)[C@H](C)NC(=O)[C@H](C[C@@H](C)CO)N(C)C2=O)c2ccccc21. The van der Waals surface area contributed by atoms with Crippen LogP contribution in [0.3, 0.4) is 0 Å². The quantitative estimate of drug-likeness (QED) is 0.106. The van der Waals surface area contributed by atoms with Gasteiger partial charge in [0.1, 0.15) is 54.5 Å². The number of rotatable bonds is 15. The van der Waals surface area contributed by atoms with E-state index in [0.717, 1.165) is 10.5 Å². The lowest BCUT2D eigenvalue weighted by atomic mass is 9.94. The minimum Gasteiger partial charge on any atom is -0.396 e. The number of fused-ring (bicyclic) bond motifs is 1. The molecule has 1 aromatic heterocycles. The minimum atomic E-state index is -1.81. The number of hydrogen-bond donors (Lipinski definition) is 7. The van der Waals surface area contributed by atoms with Gasteiger partial charge in [0.05, 0.1) is 5.54 Å². The Labute approximate surface area is 437 Å². The van der Waals surface area contributed by atoms with Crippen LogP contribution in [0.25, 0.3) is 10.9 Å². The van der Waals surface area contributed by atoms with Gasteiger partial charge in [-0.15, -0.1) is 6.58 Å². The van der Waals surface area contributed by atoms with Crippen LogP contribution in [0.4, 0.5) is 0 Å². The molecule has 0 saturated carbocycles. The number of likely N-dealkylation sites (N-methyl/N-ethyl adjacent to an activating group) is 2. The summed E-state index contributed by atoms with van der Waals surface area (Å²) in [4.78, 5) is 106. The molecule has 406 valence electrons. The Hall–Kier alpha value is -6.37. The Morgan fingerprint density at radius 1 is 0.716 bits per heavy atom. The highest BCUT2D eigenvalue weighted by Crippen LogP contribution is 2.34. The largest absolute Gasteiger partial charge is 0.396 e. The molecule has 2 aromatic carbocycles. The predicted molar refractivity (Wildman–Crippen MR) is 285 cm³/mol. The lowest BCUT2D eigenvalue weighted by Gasteiger charge is -2.36. The van der Waals surface area contributed by atoms with Crippen LogP contribution in [0.2, 0.25) is 0 Å². The van der Waals surface area contributed by atoms with Gasteiger partial charge in [0.25, 0.3) is 0 Å². The van der Waals surface area contributed by atoms with E-state index in [0.29, 0.717) is 16.5 Å². The molecule has 0 bridgehead atoms. The Balaban J connectivity index is 2.02. The van der Waals surface area contributed by atoms with Crippen LogP contribution >= 0.6 is 0 Å². The molecule has 11 atom stereocenters. The van der Waals surface area contributed by atoms with Gasteiger partial charge in [0.2, 0.25) is 41.4 Å². The fourth-order valence-electron chi connectivity index (χ4n) is 9.35. The number of ether oxygens (including phenoxy) is 1. The van der Waals surface area contributed by atoms with Gasteiger partial charge in [-0.3, -0.25) is 33.6 Å². The van der Waals surface area contributed by atoms with E-state index in [-0.39, 0.29) is 30.9 Å². The summed E-state index contributed by atoms with van der Waals surface area (Å²) in [7, 11) is 4.15. The van der Waals surface area contributed by atoms with Crippen LogP contribution in [0.5, 0.6) is 0 Å². The molecule has 18 nitrogen and oxygen atoms in total. The van der Waals surface area contributed by atoms with E-state index < -0.39 is 119 Å². The monoisotopic (exact) mass is 1030 g/mol. The Morgan fingerprint density at radius 2 is 1.23 bits per heavy atom. The number of aliphatic hydroxyl groups excluding tert-OH is 2. The van der Waals surface area contributed by atoms with Crippen molar-refractivity contribution in [1.82, 2.24) is 41.0 Å². The van der Waals surface area contributed by atoms with Crippen molar-refractivity contribution in [1.29, 1.82) is 0 Å². The zero-order valence-corrected chi connectivity index (χ0v) is 45.8. The molecule has 0 aliphatic carbocycles. The third kappa shape index (κ3) is 14.5. The molecule has 1 fully saturated rings. The molecule has 2 heterocycles. The summed E-state index contributed by atoms with van der Waals surface area (Å²) in [6.07, 6.45) is 2.34. The van der Waals surface area contributed by atoms with Crippen LogP contribution in [0, 0.1) is 23.7 Å². The molecular formula is C56H82N8O10. The fourth-order valence-corrected chi connectivity index (χ4v) is 9.35. The van der Waals surface area contributed by atoms with Crippen molar-refractivity contribution in [3.63, 3.8) is 0 Å². The molecule has 7 amide bonds. The average Bonchev–Trinajstić information content (AvgIpc) is 3.76. The predicted octanol–water partition coefficient (Wildman–Crippen LogP) is 4.42. The van der Waals surface area contributed by atoms with Gasteiger partial charge in [-0.1, -0.05) is 108 Å². The summed E-state index contributed by atoms with van der Waals surface area (Å²) in [5.41, 5.74) is 1.59. The van der Waals surface area contributed by atoms with Crippen molar-refractivity contribution in [2.45, 2.75) is 149 Å². The first-order valence-electron chi connectivity index (χ1n) is 25.5. The molecular weight excluding hydrogens is 945 g/mol. The molecule has 1 aliphatic rings. The number of amides is 7. The zero-order valence-electron chi connectivity index (χ0n) is 45.8. The lowest BCUT2D eigenvalue weighted by molar-refractivity contribution is -0.146. The van der Waals surface area contributed by atoms with Gasteiger partial charge in [-0.05, 0) is 76.8 Å². The number of hydrogen-bond acceptors (Lipinski definition) is 10. The summed E-state index contributed by atoms with van der Waals surface area (Å²) in [5, 5.41) is 37.5. The molecule has 74 heavy (non-hydrogen) atoms. The topological polar surface area (TPSA) is 241 Å². The molecule has 7 N–H and O–H groups in total. The summed E-state index contributed by atoms with van der Waals surface area (Å²) in [5.74, 6) is -7.52. The highest BCUT2D eigenvalue weighted by atomic mass is 16.5. The van der Waals surface area contributed by atoms with Gasteiger partial charge in [-0.2, -0.15) is 0 Å². The van der Waals surface area contributed by atoms with Crippen molar-refractivity contribution in [2.24, 2.45) is 23.7 Å². The van der Waals surface area contributed by atoms with Crippen LogP contribution < -0.4 is 26.6 Å². The number of benzene rings is 2. The van der Waals surface area contributed by atoms with E-state index in [4.69, 9.17) is 4.74 Å². The normalized spacial score (nSPS) is 24.2. The van der Waals surface area contributed by atoms with Gasteiger partial charge >= 0.3 is 0 Å². The molecule has 1 aliphatic heterocycles. The van der Waals surface area contributed by atoms with Crippen molar-refractivity contribution in [3.8, 4) is 0 Å². The highest BCUT2D eigenvalue weighted by molar-refractivity contribution is 5.99. The third-order valence-electron chi connectivity index (χ3n) is 13.9. The second-order valence-corrected chi connectivity index (χ2v) is 21.4. The van der Waals surface area contributed by atoms with Gasteiger partial charge < -0.3 is 55.9 Å². The molecule has 3 aromatic rings. The van der Waals surface area contributed by atoms with E-state index in [1.807, 2.05) is 58.2 Å². The number of para-hydroxylation sites is 1. The van der Waals surface area contributed by atoms with E-state index >= 15 is 9.59 Å². The van der Waals surface area contributed by atoms with Crippen molar-refractivity contribution in [3.05, 3.63) is 96.2 Å². The van der Waals surface area contributed by atoms with E-state index in [1.54, 1.807) is 88.5 Å². The summed E-state index contributed by atoms with van der Waals surface area (Å²) in [6, 6.07) is 6.04. The highest BCUT2D eigenvalue weighted by Gasteiger charge is 2.43. The number of allylic oxidation sites excluding steroid dienone is 2. The molecule has 0 spiro atoms. The van der Waals surface area contributed by atoms with Crippen molar-refractivity contribution in [2.75, 3.05) is 27.8 Å². The van der Waals surface area contributed by atoms with Gasteiger partial charge in [0, 0.05) is 56.4 Å². The van der Waals surface area contributed by atoms with Gasteiger partial charge in [0.15, 0.2) is 0 Å². The minimum absolute atomic E-state index is 0.126. The molecule has 1 saturated heterocycles. The summed E-state index contributed by atoms with van der Waals surface area (Å²) < 4.78 is 7.76. The first-order chi connectivity index (χ1) is 34.7. The summed E-state index contributed by atoms with van der Waals surface area (Å²) >= 11 is 0. The van der Waals surface area contributed by atoms with E-state index in [1.165, 1.54) is 33.0 Å². The maximum atomic E-state index is 15.4. The second-order valence-electron chi connectivity index (χ2n) is 21.4. The van der Waals surface area contributed by atoms with Crippen LogP contribution in [-0.2, 0) is 43.8 Å². The zero-order chi connectivity index (χ0) is 55.5. The third-order valence-corrected chi connectivity index (χ3v) is 13.9. The Bertz CT molecular complexity index is 2500. The van der Waals surface area contributed by atoms with E-state index in [2.05, 4.69) is 33.2 Å². The maximum absolute atomic E-state index is 15.4. The van der Waals surface area contributed by atoms with Crippen molar-refractivity contribution < 1.29 is 48.5 Å². The summed E-state index contributed by atoms with van der Waals surface area (Å²) in [6.45, 7) is 23.1. The van der Waals surface area contributed by atoms with Crippen molar-refractivity contribution >= 4 is 52.3 Å². The Morgan fingerprint density at radius 3 is 1.78 bits per heavy atom. The number of carbonyl (C=O) groups excluding carboxylic acids is 7. The van der Waals surface area contributed by atoms with Gasteiger partial charge in [-0.25, -0.2) is 0 Å². The fraction of sp³-hybridized carbons (Fsp3) is 0.554. The molecule has 18 heteroatoms. The number of nitrogens with zero attached hydrogens (tertiary/aromatic N) is 3. The first-order valence-corrected chi connectivity index (χ1v) is 25.5. The smallest absolute Gasteiger partial charge is 0.248 e. The second kappa shape index (κ2) is 26.2. The first kappa shape index (κ1) is 60.2. The van der Waals surface area contributed by atoms with E-state index in [9.17, 15) is 34.2 Å². The average molecular weight is 1030 g/mol. The number of methoxy groups -OCH3 is 1. The van der Waals surface area contributed by atoms with Crippen LogP contribution in [-0.4, -0.2) is 136 Å². The number of aliphatic hydroxyl groups is 2. The molecule has 2 unspecified atom stereocenters. The standard InChI is InChI=1S/C56H82N8O10/c1-16-56(11,12)64-29-39(38-24-20-21-25-40(38)64)47(66)45-55(73)63(14)42(28-34(8)30-65)50(68)57-36(10)49(67)61-46(48(74-15)37-22-18-17-19-23-37)53(71)58-43(33(6)7)54(72)62(13)41(27-32(4)5)51(69)59-44(52(70)60-45)35(9)26-31(2)3/h16-26,29,32-36,41-48,65-66H,1,27-28,30H2,2-15H3,(H,57,68)(H,58,71)(H,59,69)(H,60,70)(H,61,67)/t34-,35-,36+,41+,42+,43+,44?,45+,46?,47-,48-/m1/s1. The number of carbonyl (C=O) groups is 7. The number of aromatic nitrogens is 1. The molecule has 0 radical (unpaired) electrons.